The summed E-state index contributed by atoms with van der Waals surface area (Å²) >= 11 is 0. The molecule has 0 aromatic carbocycles. The van der Waals surface area contributed by atoms with Crippen LogP contribution in [0, 0.1) is 0 Å². The van der Waals surface area contributed by atoms with Gasteiger partial charge in [0.1, 0.15) is 0 Å². The Bertz CT molecular complexity index is 155. The molecule has 0 saturated carbocycles. The molecule has 0 spiro atoms. The quantitative estimate of drug-likeness (QED) is 0.496. The number of nitrogens with two attached hydrogens (primary N) is 1. The van der Waals surface area contributed by atoms with Gasteiger partial charge in [-0.05, 0) is 12.9 Å². The van der Waals surface area contributed by atoms with E-state index in [2.05, 4.69) is 17.6 Å². The van der Waals surface area contributed by atoms with Crippen LogP contribution in [-0.4, -0.2) is 32.1 Å². The molecule has 0 saturated heterocycles. The molecule has 0 aliphatic carbocycles. The van der Waals surface area contributed by atoms with Gasteiger partial charge < -0.3 is 16.4 Å². The van der Waals surface area contributed by atoms with Crippen LogP contribution in [0.25, 0.3) is 0 Å². The molecule has 0 aliphatic rings. The average Bonchev–Trinajstić information content (AvgIpc) is 2.20. The maximum absolute atomic E-state index is 11.1. The smallest absolute Gasteiger partial charge is 0.234 e. The Balaban J connectivity index is 3.36. The van der Waals surface area contributed by atoms with Crippen LogP contribution >= 0.6 is 0 Å². The number of amides is 1. The highest BCUT2D eigenvalue weighted by molar-refractivity contribution is 5.77. The van der Waals surface area contributed by atoms with Crippen LogP contribution in [0.1, 0.15) is 27.6 Å². The molecule has 0 radical (unpaired) electrons. The van der Waals surface area contributed by atoms with Gasteiger partial charge in [-0.15, -0.1) is 0 Å². The van der Waals surface area contributed by atoms with Crippen molar-refractivity contribution < 1.29 is 6.17 Å². The first-order valence-corrected chi connectivity index (χ1v) is 4.83. The fourth-order valence-electron chi connectivity index (χ4n) is 0.847. The van der Waals surface area contributed by atoms with E-state index >= 15 is 0 Å². The number of hydrogen-bond donors (Lipinski definition) is 3. The fraction of sp³-hybridized carbons (Fsp3) is 0.889. The highest BCUT2D eigenvalue weighted by atomic mass is 16.1. The van der Waals surface area contributed by atoms with Crippen LogP contribution in [0.3, 0.4) is 0 Å². The summed E-state index contributed by atoms with van der Waals surface area (Å²) in [5.74, 6) is -0.0933. The van der Waals surface area contributed by atoms with Crippen LogP contribution in [0.4, 0.5) is 0 Å². The summed E-state index contributed by atoms with van der Waals surface area (Å²) < 4.78 is 7.53. The zero-order chi connectivity index (χ0) is 10.8. The largest absolute Gasteiger partial charge is 0.354 e. The summed E-state index contributed by atoms with van der Waals surface area (Å²) in [5.41, 5.74) is 5.23. The number of rotatable bonds is 8. The summed E-state index contributed by atoms with van der Waals surface area (Å²) in [5, 5.41) is 5.47. The SMILES string of the molecule is [2H][C@@H](CCCC)NCC(=O)NCCN. The first-order chi connectivity index (χ1) is 6.70. The lowest BCUT2D eigenvalue weighted by molar-refractivity contribution is -0.120. The van der Waals surface area contributed by atoms with Crippen LogP contribution in [0.2, 0.25) is 0 Å². The highest BCUT2D eigenvalue weighted by Gasteiger charge is 1.97. The topological polar surface area (TPSA) is 67.2 Å². The molecular formula is C9H21N3O. The molecule has 1 atom stereocenters. The van der Waals surface area contributed by atoms with Crippen LogP contribution < -0.4 is 16.4 Å². The first-order valence-electron chi connectivity index (χ1n) is 5.40. The minimum atomic E-state index is -0.335. The Kier molecular flexibility index (Phi) is 7.63. The molecule has 78 valence electrons. The van der Waals surface area contributed by atoms with Crippen LogP contribution in [0.5, 0.6) is 0 Å². The van der Waals surface area contributed by atoms with E-state index in [0.29, 0.717) is 13.1 Å². The van der Waals surface area contributed by atoms with Gasteiger partial charge in [0, 0.05) is 14.5 Å². The van der Waals surface area contributed by atoms with Crippen molar-refractivity contribution >= 4 is 5.91 Å². The Morgan fingerprint density at radius 3 is 2.92 bits per heavy atom. The Hall–Kier alpha value is -0.610. The lowest BCUT2D eigenvalue weighted by atomic mass is 10.2. The molecule has 4 N–H and O–H groups in total. The number of unbranched alkanes of at least 4 members (excludes halogenated alkanes) is 1. The minimum absolute atomic E-state index is 0.0933. The molecule has 4 nitrogen and oxygen atoms in total. The standard InChI is InChI=1S/C9H21N3O/c1-2-3-4-6-11-8-9(13)12-7-5-10/h11H,2-8,10H2,1H3,(H,12,13)/i6D/t6-/m0/s1. The third kappa shape index (κ3) is 9.30. The Morgan fingerprint density at radius 1 is 1.54 bits per heavy atom. The number of nitrogens with one attached hydrogen (secondary N) is 2. The molecule has 4 heteroatoms. The van der Waals surface area contributed by atoms with E-state index < -0.39 is 0 Å². The lowest BCUT2D eigenvalue weighted by Crippen LogP contribution is -2.36. The molecule has 0 aromatic heterocycles. The lowest BCUT2D eigenvalue weighted by Gasteiger charge is -2.04. The van der Waals surface area contributed by atoms with Gasteiger partial charge in [0.05, 0.1) is 6.54 Å². The van der Waals surface area contributed by atoms with Gasteiger partial charge in [-0.2, -0.15) is 0 Å². The molecule has 0 fully saturated rings. The molecule has 0 unspecified atom stereocenters. The monoisotopic (exact) mass is 188 g/mol. The van der Waals surface area contributed by atoms with E-state index in [4.69, 9.17) is 7.10 Å². The Morgan fingerprint density at radius 2 is 2.31 bits per heavy atom. The average molecular weight is 188 g/mol. The predicted octanol–water partition coefficient (Wildman–Crippen LogP) is -0.159. The van der Waals surface area contributed by atoms with Crippen molar-refractivity contribution in [3.63, 3.8) is 0 Å². The summed E-state index contributed by atoms with van der Waals surface area (Å²) in [7, 11) is 0. The molecule has 0 bridgehead atoms. The van der Waals surface area contributed by atoms with Crippen molar-refractivity contribution in [2.75, 3.05) is 26.2 Å². The summed E-state index contributed by atoms with van der Waals surface area (Å²) in [6, 6.07) is 0. The predicted molar refractivity (Wildman–Crippen MR) is 54.5 cm³/mol. The summed E-state index contributed by atoms with van der Waals surface area (Å²) in [6.45, 7) is 2.90. The molecule has 0 heterocycles. The van der Waals surface area contributed by atoms with E-state index in [9.17, 15) is 4.79 Å². The number of carbonyl (C=O) groups excluding carboxylic acids is 1. The minimum Gasteiger partial charge on any atom is -0.354 e. The van der Waals surface area contributed by atoms with Gasteiger partial charge in [0.2, 0.25) is 5.91 Å². The van der Waals surface area contributed by atoms with Gasteiger partial charge in [0.25, 0.3) is 0 Å². The van der Waals surface area contributed by atoms with Gasteiger partial charge in [0.15, 0.2) is 0 Å². The molecule has 0 aromatic rings. The second-order valence-electron chi connectivity index (χ2n) is 2.87. The normalized spacial score (nSPS) is 13.5. The van der Waals surface area contributed by atoms with Gasteiger partial charge in [-0.1, -0.05) is 19.8 Å². The van der Waals surface area contributed by atoms with E-state index in [0.717, 1.165) is 19.3 Å². The molecule has 0 aliphatic heterocycles. The van der Waals surface area contributed by atoms with Crippen molar-refractivity contribution in [2.45, 2.75) is 26.2 Å². The maximum Gasteiger partial charge on any atom is 0.234 e. The first kappa shape index (κ1) is 10.5. The third-order valence-corrected chi connectivity index (χ3v) is 1.58. The van der Waals surface area contributed by atoms with E-state index in [-0.39, 0.29) is 19.0 Å². The maximum atomic E-state index is 11.1. The van der Waals surface area contributed by atoms with Crippen molar-refractivity contribution in [1.29, 1.82) is 0 Å². The Labute approximate surface area is 81.7 Å². The highest BCUT2D eigenvalue weighted by Crippen LogP contribution is 1.90. The molecule has 13 heavy (non-hydrogen) atoms. The van der Waals surface area contributed by atoms with Crippen LogP contribution in [0.15, 0.2) is 0 Å². The van der Waals surface area contributed by atoms with Crippen molar-refractivity contribution in [3.8, 4) is 0 Å². The second-order valence-corrected chi connectivity index (χ2v) is 2.87. The van der Waals surface area contributed by atoms with Crippen molar-refractivity contribution in [3.05, 3.63) is 0 Å². The zero-order valence-electron chi connectivity index (χ0n) is 9.31. The van der Waals surface area contributed by atoms with Gasteiger partial charge in [-0.3, -0.25) is 4.79 Å². The second kappa shape index (κ2) is 9.48. The van der Waals surface area contributed by atoms with E-state index in [1.807, 2.05) is 0 Å². The van der Waals surface area contributed by atoms with E-state index in [1.165, 1.54) is 0 Å². The molecule has 1 amide bonds. The van der Waals surface area contributed by atoms with Gasteiger partial charge in [-0.25, -0.2) is 0 Å². The van der Waals surface area contributed by atoms with Gasteiger partial charge >= 0.3 is 0 Å². The molecular weight excluding hydrogens is 166 g/mol. The molecule has 0 rings (SSSR count). The summed E-state index contributed by atoms with van der Waals surface area (Å²) in [6.07, 6.45) is 2.89. The van der Waals surface area contributed by atoms with Crippen molar-refractivity contribution in [2.24, 2.45) is 5.73 Å². The fourth-order valence-corrected chi connectivity index (χ4v) is 0.847. The summed E-state index contributed by atoms with van der Waals surface area (Å²) in [4.78, 5) is 11.1. The number of carbonyl (C=O) groups is 1. The van der Waals surface area contributed by atoms with E-state index in [1.54, 1.807) is 0 Å². The zero-order valence-corrected chi connectivity index (χ0v) is 8.31. The number of hydrogen-bond acceptors (Lipinski definition) is 3. The third-order valence-electron chi connectivity index (χ3n) is 1.58. The van der Waals surface area contributed by atoms with Crippen LogP contribution in [-0.2, 0) is 4.79 Å². The van der Waals surface area contributed by atoms with Crippen molar-refractivity contribution in [1.82, 2.24) is 10.6 Å².